The van der Waals surface area contributed by atoms with Gasteiger partial charge in [0.15, 0.2) is 0 Å². The second-order valence-corrected chi connectivity index (χ2v) is 4.48. The quantitative estimate of drug-likeness (QED) is 0.936. The van der Waals surface area contributed by atoms with Crippen LogP contribution in [0.25, 0.3) is 11.3 Å². The SMILES string of the molecule is FC(F)Oc1ccc(-c2ccc3c(n2)CCCN3)cn1. The number of rotatable bonds is 3. The van der Waals surface area contributed by atoms with Crippen LogP contribution in [0.2, 0.25) is 0 Å². The van der Waals surface area contributed by atoms with Crippen LogP contribution in [0, 0.1) is 0 Å². The monoisotopic (exact) mass is 277 g/mol. The third kappa shape index (κ3) is 2.68. The van der Waals surface area contributed by atoms with E-state index < -0.39 is 6.61 Å². The zero-order valence-corrected chi connectivity index (χ0v) is 10.6. The Bertz CT molecular complexity index is 602. The predicted octanol–water partition coefficient (Wildman–Crippen LogP) is 3.10. The van der Waals surface area contributed by atoms with Crippen LogP contribution in [0.15, 0.2) is 30.5 Å². The van der Waals surface area contributed by atoms with Crippen molar-refractivity contribution in [1.82, 2.24) is 9.97 Å². The average molecular weight is 277 g/mol. The molecule has 0 saturated carbocycles. The molecule has 6 heteroatoms. The van der Waals surface area contributed by atoms with E-state index in [2.05, 4.69) is 20.0 Å². The summed E-state index contributed by atoms with van der Waals surface area (Å²) in [6, 6.07) is 6.97. The highest BCUT2D eigenvalue weighted by atomic mass is 19.3. The molecule has 0 aromatic carbocycles. The minimum absolute atomic E-state index is 0.0941. The lowest BCUT2D eigenvalue weighted by atomic mass is 10.1. The van der Waals surface area contributed by atoms with Gasteiger partial charge in [0.1, 0.15) is 0 Å². The normalized spacial score (nSPS) is 13.8. The number of hydrogen-bond acceptors (Lipinski definition) is 4. The highest BCUT2D eigenvalue weighted by Gasteiger charge is 2.12. The topological polar surface area (TPSA) is 47.0 Å². The maximum absolute atomic E-state index is 12.1. The van der Waals surface area contributed by atoms with Gasteiger partial charge in [-0.2, -0.15) is 8.78 Å². The van der Waals surface area contributed by atoms with Gasteiger partial charge in [-0.1, -0.05) is 0 Å². The molecule has 0 bridgehead atoms. The summed E-state index contributed by atoms with van der Waals surface area (Å²) in [6.45, 7) is -1.89. The van der Waals surface area contributed by atoms with E-state index in [4.69, 9.17) is 0 Å². The smallest absolute Gasteiger partial charge is 0.388 e. The van der Waals surface area contributed by atoms with Gasteiger partial charge in [-0.05, 0) is 31.0 Å². The Labute approximate surface area is 114 Å². The van der Waals surface area contributed by atoms with Gasteiger partial charge in [0.2, 0.25) is 5.88 Å². The fourth-order valence-electron chi connectivity index (χ4n) is 2.19. The molecule has 0 spiro atoms. The van der Waals surface area contributed by atoms with Gasteiger partial charge in [0, 0.05) is 24.4 Å². The second-order valence-electron chi connectivity index (χ2n) is 4.48. The third-order valence-corrected chi connectivity index (χ3v) is 3.12. The van der Waals surface area contributed by atoms with E-state index in [-0.39, 0.29) is 5.88 Å². The lowest BCUT2D eigenvalue weighted by Gasteiger charge is -2.17. The first kappa shape index (κ1) is 12.8. The maximum atomic E-state index is 12.1. The highest BCUT2D eigenvalue weighted by molar-refractivity contribution is 5.63. The fraction of sp³-hybridized carbons (Fsp3) is 0.286. The lowest BCUT2D eigenvalue weighted by Crippen LogP contribution is -2.13. The number of pyridine rings is 2. The van der Waals surface area contributed by atoms with E-state index in [0.29, 0.717) is 0 Å². The van der Waals surface area contributed by atoms with Crippen molar-refractivity contribution in [2.24, 2.45) is 0 Å². The number of halogens is 2. The van der Waals surface area contributed by atoms with Crippen molar-refractivity contribution in [1.29, 1.82) is 0 Å². The summed E-state index contributed by atoms with van der Waals surface area (Å²) < 4.78 is 28.3. The standard InChI is InChI=1S/C14H13F2N3O/c15-14(16)20-13-6-3-9(8-18-13)10-4-5-11-12(19-10)2-1-7-17-11/h3-6,8,14,17H,1-2,7H2. The molecule has 0 radical (unpaired) electrons. The van der Waals surface area contributed by atoms with Gasteiger partial charge in [-0.15, -0.1) is 0 Å². The Hall–Kier alpha value is -2.24. The zero-order valence-electron chi connectivity index (χ0n) is 10.6. The van der Waals surface area contributed by atoms with Crippen molar-refractivity contribution in [2.75, 3.05) is 11.9 Å². The number of alkyl halides is 2. The van der Waals surface area contributed by atoms with Gasteiger partial charge in [0.05, 0.1) is 17.1 Å². The van der Waals surface area contributed by atoms with Gasteiger partial charge in [0.25, 0.3) is 0 Å². The molecule has 0 amide bonds. The largest absolute Gasteiger partial charge is 0.417 e. The molecule has 4 nitrogen and oxygen atoms in total. The van der Waals surface area contributed by atoms with Crippen LogP contribution in [0.3, 0.4) is 0 Å². The Morgan fingerprint density at radius 1 is 1.20 bits per heavy atom. The number of nitrogens with zero attached hydrogens (tertiary/aromatic N) is 2. The molecule has 0 aliphatic carbocycles. The molecule has 1 aliphatic heterocycles. The van der Waals surface area contributed by atoms with Crippen molar-refractivity contribution < 1.29 is 13.5 Å². The number of hydrogen-bond donors (Lipinski definition) is 1. The van der Waals surface area contributed by atoms with Gasteiger partial charge < -0.3 is 10.1 Å². The minimum Gasteiger partial charge on any atom is -0.417 e. The van der Waals surface area contributed by atoms with Crippen LogP contribution in [-0.2, 0) is 6.42 Å². The summed E-state index contributed by atoms with van der Waals surface area (Å²) in [5.41, 5.74) is 3.65. The van der Waals surface area contributed by atoms with Gasteiger partial charge >= 0.3 is 6.61 Å². The van der Waals surface area contributed by atoms with Crippen LogP contribution in [0.1, 0.15) is 12.1 Å². The van der Waals surface area contributed by atoms with Crippen LogP contribution in [0.5, 0.6) is 5.88 Å². The van der Waals surface area contributed by atoms with Crippen LogP contribution in [0.4, 0.5) is 14.5 Å². The molecule has 1 N–H and O–H groups in total. The first-order chi connectivity index (χ1) is 9.72. The van der Waals surface area contributed by atoms with Crippen LogP contribution < -0.4 is 10.1 Å². The molecule has 20 heavy (non-hydrogen) atoms. The van der Waals surface area contributed by atoms with Crippen molar-refractivity contribution in [3.63, 3.8) is 0 Å². The fourth-order valence-corrected chi connectivity index (χ4v) is 2.19. The first-order valence-electron chi connectivity index (χ1n) is 6.37. The summed E-state index contributed by atoms with van der Waals surface area (Å²) in [7, 11) is 0. The molecule has 0 saturated heterocycles. The Morgan fingerprint density at radius 3 is 2.85 bits per heavy atom. The number of ether oxygens (including phenoxy) is 1. The molecule has 0 unspecified atom stereocenters. The van der Waals surface area contributed by atoms with E-state index >= 15 is 0 Å². The molecule has 0 fully saturated rings. The van der Waals surface area contributed by atoms with E-state index in [9.17, 15) is 8.78 Å². The highest BCUT2D eigenvalue weighted by Crippen LogP contribution is 2.25. The molecule has 1 aliphatic rings. The second kappa shape index (κ2) is 5.40. The molecule has 0 atom stereocenters. The maximum Gasteiger partial charge on any atom is 0.388 e. The van der Waals surface area contributed by atoms with Crippen LogP contribution in [-0.4, -0.2) is 23.1 Å². The Kier molecular flexibility index (Phi) is 3.45. The molecular weight excluding hydrogens is 264 g/mol. The van der Waals surface area contributed by atoms with E-state index in [0.717, 1.165) is 42.0 Å². The Balaban J connectivity index is 1.85. The number of aryl methyl sites for hydroxylation is 1. The summed E-state index contributed by atoms with van der Waals surface area (Å²) >= 11 is 0. The van der Waals surface area contributed by atoms with Crippen molar-refractivity contribution >= 4 is 5.69 Å². The van der Waals surface area contributed by atoms with Crippen molar-refractivity contribution in [3.05, 3.63) is 36.2 Å². The minimum atomic E-state index is -2.86. The summed E-state index contributed by atoms with van der Waals surface area (Å²) in [4.78, 5) is 8.43. The van der Waals surface area contributed by atoms with E-state index in [1.165, 1.54) is 12.3 Å². The Morgan fingerprint density at radius 2 is 2.10 bits per heavy atom. The summed E-state index contributed by atoms with van der Waals surface area (Å²) in [5, 5.41) is 3.29. The summed E-state index contributed by atoms with van der Waals surface area (Å²) in [6.07, 6.45) is 3.49. The van der Waals surface area contributed by atoms with E-state index in [1.54, 1.807) is 6.07 Å². The predicted molar refractivity (Wildman–Crippen MR) is 70.9 cm³/mol. The number of aromatic nitrogens is 2. The number of fused-ring (bicyclic) bond motifs is 1. The van der Waals surface area contributed by atoms with Crippen LogP contribution >= 0.6 is 0 Å². The first-order valence-corrected chi connectivity index (χ1v) is 6.37. The summed E-state index contributed by atoms with van der Waals surface area (Å²) in [5.74, 6) is -0.0941. The number of anilines is 1. The number of nitrogens with one attached hydrogen (secondary N) is 1. The van der Waals surface area contributed by atoms with Crippen molar-refractivity contribution in [2.45, 2.75) is 19.5 Å². The zero-order chi connectivity index (χ0) is 13.9. The molecule has 2 aromatic heterocycles. The third-order valence-electron chi connectivity index (χ3n) is 3.12. The molecular formula is C14H13F2N3O. The molecule has 104 valence electrons. The average Bonchev–Trinajstić information content (AvgIpc) is 2.47. The van der Waals surface area contributed by atoms with E-state index in [1.807, 2.05) is 12.1 Å². The van der Waals surface area contributed by atoms with Crippen molar-refractivity contribution in [3.8, 4) is 17.1 Å². The molecule has 3 rings (SSSR count). The lowest BCUT2D eigenvalue weighted by molar-refractivity contribution is -0.0528. The van der Waals surface area contributed by atoms with Gasteiger partial charge in [-0.3, -0.25) is 4.98 Å². The molecule has 2 aromatic rings. The van der Waals surface area contributed by atoms with Gasteiger partial charge in [-0.25, -0.2) is 4.98 Å². The molecule has 3 heterocycles.